The van der Waals surface area contributed by atoms with Crippen LogP contribution < -0.4 is 10.1 Å². The summed E-state index contributed by atoms with van der Waals surface area (Å²) in [4.78, 5) is 15.0. The van der Waals surface area contributed by atoms with Crippen LogP contribution in [0.3, 0.4) is 0 Å². The Kier molecular flexibility index (Phi) is 5.35. The minimum atomic E-state index is -0.813. The van der Waals surface area contributed by atoms with Gasteiger partial charge in [0.25, 0.3) is 5.91 Å². The van der Waals surface area contributed by atoms with Gasteiger partial charge in [0.2, 0.25) is 0 Å². The minimum absolute atomic E-state index is 0.0359. The van der Waals surface area contributed by atoms with E-state index in [2.05, 4.69) is 10.4 Å². The molecule has 1 amide bonds. The second-order valence-electron chi connectivity index (χ2n) is 8.78. The summed E-state index contributed by atoms with van der Waals surface area (Å²) in [6.07, 6.45) is 0.919. The maximum absolute atomic E-state index is 14.0. The Labute approximate surface area is 190 Å². The fraction of sp³-hybridized carbons (Fsp3) is 0.478. The second-order valence-corrected chi connectivity index (χ2v) is 9.19. The molecule has 6 nitrogen and oxygen atoms in total. The van der Waals surface area contributed by atoms with Crippen LogP contribution >= 0.6 is 11.6 Å². The van der Waals surface area contributed by atoms with E-state index in [1.54, 1.807) is 9.58 Å². The number of hydrogen-bond acceptors (Lipinski definition) is 4. The normalized spacial score (nSPS) is 24.8. The van der Waals surface area contributed by atoms with Crippen molar-refractivity contribution in [3.63, 3.8) is 0 Å². The van der Waals surface area contributed by atoms with Gasteiger partial charge < -0.3 is 15.0 Å². The van der Waals surface area contributed by atoms with Crippen molar-refractivity contribution >= 4 is 29.0 Å². The highest BCUT2D eigenvalue weighted by Gasteiger charge is 2.35. The zero-order chi connectivity index (χ0) is 22.6. The predicted octanol–water partition coefficient (Wildman–Crippen LogP) is 5.08. The SMILES string of the molecule is CC1=C(Cl)C(C)Nc2c3c(nn21)CN(C(=O)c1ccc(F)cc1OC1CCC(F)CC1)C3. The average Bonchev–Trinajstić information content (AvgIpc) is 3.33. The number of alkyl halides is 1. The number of ether oxygens (including phenoxy) is 1. The Morgan fingerprint density at radius 2 is 2.00 bits per heavy atom. The van der Waals surface area contributed by atoms with Gasteiger partial charge in [0.15, 0.2) is 0 Å². The smallest absolute Gasteiger partial charge is 0.258 e. The van der Waals surface area contributed by atoms with Crippen LogP contribution in [-0.4, -0.2) is 38.9 Å². The van der Waals surface area contributed by atoms with Crippen LogP contribution in [0, 0.1) is 5.82 Å². The van der Waals surface area contributed by atoms with E-state index in [-0.39, 0.29) is 23.8 Å². The lowest BCUT2D eigenvalue weighted by Gasteiger charge is -2.27. The number of amides is 1. The van der Waals surface area contributed by atoms with E-state index in [0.29, 0.717) is 49.4 Å². The van der Waals surface area contributed by atoms with E-state index in [9.17, 15) is 13.6 Å². The number of fused-ring (bicyclic) bond motifs is 3. The predicted molar refractivity (Wildman–Crippen MR) is 118 cm³/mol. The van der Waals surface area contributed by atoms with Gasteiger partial charge in [-0.1, -0.05) is 11.6 Å². The molecule has 0 radical (unpaired) electrons. The molecule has 2 aromatic rings. The van der Waals surface area contributed by atoms with Crippen LogP contribution in [0.5, 0.6) is 5.75 Å². The third kappa shape index (κ3) is 3.64. The molecule has 9 heteroatoms. The highest BCUT2D eigenvalue weighted by atomic mass is 35.5. The summed E-state index contributed by atoms with van der Waals surface area (Å²) in [5, 5.41) is 8.73. The van der Waals surface area contributed by atoms with Gasteiger partial charge in [-0.15, -0.1) is 0 Å². The quantitative estimate of drug-likeness (QED) is 0.691. The lowest BCUT2D eigenvalue weighted by molar-refractivity contribution is 0.0732. The lowest BCUT2D eigenvalue weighted by Crippen LogP contribution is -2.30. The number of allylic oxidation sites excluding steroid dienone is 1. The van der Waals surface area contributed by atoms with Crippen LogP contribution in [0.1, 0.15) is 61.1 Å². The molecule has 1 aliphatic carbocycles. The van der Waals surface area contributed by atoms with Crippen molar-refractivity contribution in [2.45, 2.75) is 70.9 Å². The molecule has 0 saturated heterocycles. The molecule has 3 heterocycles. The molecule has 1 fully saturated rings. The topological polar surface area (TPSA) is 59.4 Å². The molecule has 32 heavy (non-hydrogen) atoms. The highest BCUT2D eigenvalue weighted by molar-refractivity contribution is 6.33. The van der Waals surface area contributed by atoms with Crippen molar-refractivity contribution in [3.8, 4) is 5.75 Å². The largest absolute Gasteiger partial charge is 0.489 e. The number of nitrogens with zero attached hydrogens (tertiary/aromatic N) is 3. The number of anilines is 1. The number of aromatic nitrogens is 2. The first-order chi connectivity index (χ1) is 15.3. The molecule has 5 rings (SSSR count). The second kappa shape index (κ2) is 8.06. The highest BCUT2D eigenvalue weighted by Crippen LogP contribution is 2.38. The Morgan fingerprint density at radius 3 is 2.75 bits per heavy atom. The van der Waals surface area contributed by atoms with Gasteiger partial charge in [-0.25, -0.2) is 13.5 Å². The molecule has 2 aliphatic heterocycles. The summed E-state index contributed by atoms with van der Waals surface area (Å²) in [5.41, 5.74) is 2.95. The fourth-order valence-corrected chi connectivity index (χ4v) is 4.83. The molecule has 3 aliphatic rings. The Bertz CT molecular complexity index is 1110. The summed E-state index contributed by atoms with van der Waals surface area (Å²) in [6, 6.07) is 3.93. The Balaban J connectivity index is 1.37. The van der Waals surface area contributed by atoms with Gasteiger partial charge in [-0.3, -0.25) is 4.79 Å². The van der Waals surface area contributed by atoms with Gasteiger partial charge in [-0.2, -0.15) is 5.10 Å². The molecular formula is C23H25ClF2N4O2. The molecule has 1 atom stereocenters. The van der Waals surface area contributed by atoms with Gasteiger partial charge in [0, 0.05) is 11.6 Å². The molecule has 1 saturated carbocycles. The first-order valence-electron chi connectivity index (χ1n) is 10.9. The van der Waals surface area contributed by atoms with E-state index in [0.717, 1.165) is 22.8 Å². The summed E-state index contributed by atoms with van der Waals surface area (Å²) in [6.45, 7) is 4.63. The van der Waals surface area contributed by atoms with Crippen molar-refractivity contribution in [3.05, 3.63) is 45.9 Å². The first kappa shape index (κ1) is 21.2. The first-order valence-corrected chi connectivity index (χ1v) is 11.3. The van der Waals surface area contributed by atoms with Crippen LogP contribution in [0.15, 0.2) is 23.2 Å². The number of hydrogen-bond donors (Lipinski definition) is 1. The summed E-state index contributed by atoms with van der Waals surface area (Å²) >= 11 is 6.37. The van der Waals surface area contributed by atoms with E-state index >= 15 is 0 Å². The molecule has 1 aromatic heterocycles. The van der Waals surface area contributed by atoms with Gasteiger partial charge in [0.05, 0.1) is 47.2 Å². The van der Waals surface area contributed by atoms with E-state index in [4.69, 9.17) is 16.3 Å². The Hall–Kier alpha value is -2.61. The number of carbonyl (C=O) groups is 1. The third-order valence-corrected chi connectivity index (χ3v) is 7.11. The number of nitrogens with one attached hydrogen (secondary N) is 1. The van der Waals surface area contributed by atoms with E-state index in [1.165, 1.54) is 18.2 Å². The van der Waals surface area contributed by atoms with Crippen molar-refractivity contribution in [2.75, 3.05) is 5.32 Å². The monoisotopic (exact) mass is 462 g/mol. The zero-order valence-corrected chi connectivity index (χ0v) is 18.8. The molecule has 170 valence electrons. The average molecular weight is 463 g/mol. The van der Waals surface area contributed by atoms with Gasteiger partial charge in [-0.05, 0) is 51.7 Å². The molecule has 0 bridgehead atoms. The number of benzene rings is 1. The Morgan fingerprint density at radius 1 is 1.25 bits per heavy atom. The molecule has 1 aromatic carbocycles. The summed E-state index contributed by atoms with van der Waals surface area (Å²) < 4.78 is 35.2. The number of rotatable bonds is 3. The van der Waals surface area contributed by atoms with E-state index < -0.39 is 12.0 Å². The van der Waals surface area contributed by atoms with Crippen LogP contribution in [-0.2, 0) is 13.1 Å². The molecule has 1 unspecified atom stereocenters. The minimum Gasteiger partial charge on any atom is -0.489 e. The van der Waals surface area contributed by atoms with Crippen molar-refractivity contribution < 1.29 is 18.3 Å². The standard InChI is InChI=1S/C23H25ClF2N4O2/c1-12-21(24)13(2)30-22(27-12)18-10-29(11-19(18)28-30)23(31)17-8-5-15(26)9-20(17)32-16-6-3-14(25)4-7-16/h5,8-9,12,14,16,27H,3-4,6-7,10-11H2,1-2H3. The molecule has 0 spiro atoms. The lowest BCUT2D eigenvalue weighted by atomic mass is 9.96. The van der Waals surface area contributed by atoms with Crippen molar-refractivity contribution in [1.82, 2.24) is 14.7 Å². The number of halogens is 3. The summed E-state index contributed by atoms with van der Waals surface area (Å²) in [7, 11) is 0. The fourth-order valence-electron chi connectivity index (χ4n) is 4.69. The molecule has 1 N–H and O–H groups in total. The maximum Gasteiger partial charge on any atom is 0.258 e. The zero-order valence-electron chi connectivity index (χ0n) is 18.0. The van der Waals surface area contributed by atoms with Crippen LogP contribution in [0.2, 0.25) is 0 Å². The van der Waals surface area contributed by atoms with Crippen molar-refractivity contribution in [2.24, 2.45) is 0 Å². The van der Waals surface area contributed by atoms with Crippen LogP contribution in [0.4, 0.5) is 14.6 Å². The van der Waals surface area contributed by atoms with Gasteiger partial charge in [0.1, 0.15) is 23.6 Å². The maximum atomic E-state index is 14.0. The van der Waals surface area contributed by atoms with E-state index in [1.807, 2.05) is 13.8 Å². The summed E-state index contributed by atoms with van der Waals surface area (Å²) in [5.74, 6) is 0.345. The number of carbonyl (C=O) groups excluding carboxylic acids is 1. The third-order valence-electron chi connectivity index (χ3n) is 6.51. The van der Waals surface area contributed by atoms with Gasteiger partial charge >= 0.3 is 0 Å². The molecular weight excluding hydrogens is 438 g/mol. The van der Waals surface area contributed by atoms with Crippen LogP contribution in [0.25, 0.3) is 5.70 Å². The van der Waals surface area contributed by atoms with Crippen molar-refractivity contribution in [1.29, 1.82) is 0 Å².